The molecule has 2 atom stereocenters. The van der Waals surface area contributed by atoms with Gasteiger partial charge in [0, 0.05) is 34.0 Å². The first-order valence-electron chi connectivity index (χ1n) is 27.3. The number of hydrogen-bond acceptors (Lipinski definition) is 12. The van der Waals surface area contributed by atoms with Crippen molar-refractivity contribution in [3.8, 4) is 0 Å². The summed E-state index contributed by atoms with van der Waals surface area (Å²) in [6.07, 6.45) is 2.76. The van der Waals surface area contributed by atoms with Crippen molar-refractivity contribution in [1.29, 1.82) is 0 Å². The molecule has 0 saturated carbocycles. The number of benzene rings is 8. The van der Waals surface area contributed by atoms with Crippen molar-refractivity contribution >= 4 is 63.5 Å². The number of fused-ring (bicyclic) bond motifs is 1. The van der Waals surface area contributed by atoms with E-state index >= 15 is 9.59 Å². The van der Waals surface area contributed by atoms with Gasteiger partial charge in [-0.05, 0) is 57.0 Å². The fourth-order valence-corrected chi connectivity index (χ4v) is 13.4. The Balaban J connectivity index is 0.934. The van der Waals surface area contributed by atoms with Gasteiger partial charge in [-0.25, -0.2) is 14.8 Å². The third kappa shape index (κ3) is 11.2. The number of aromatic nitrogens is 2. The lowest BCUT2D eigenvalue weighted by Crippen LogP contribution is -2.71. The molecule has 0 bridgehead atoms. The summed E-state index contributed by atoms with van der Waals surface area (Å²) < 4.78 is 6.48. The molecule has 84 heavy (non-hydrogen) atoms. The van der Waals surface area contributed by atoms with Gasteiger partial charge in [0.25, 0.3) is 11.8 Å². The minimum atomic E-state index is -1.38. The summed E-state index contributed by atoms with van der Waals surface area (Å²) in [5.41, 5.74) is 5.04. The average molecular weight is 1160 g/mol. The fraction of sp³-hybridized carbons (Fsp3) is 0.0857. The smallest absolute Gasteiger partial charge is 0.356 e. The van der Waals surface area contributed by atoms with Gasteiger partial charge in [-0.1, -0.05) is 266 Å². The maximum Gasteiger partial charge on any atom is 0.356 e. The Morgan fingerprint density at radius 1 is 0.619 bits per heavy atom. The lowest BCUT2D eigenvalue weighted by atomic mass is 9.77. The molecule has 12 rings (SSSR count). The highest BCUT2D eigenvalue weighted by molar-refractivity contribution is 8.02. The zero-order valence-corrected chi connectivity index (χ0v) is 47.6. The van der Waals surface area contributed by atoms with Crippen LogP contribution in [-0.2, 0) is 35.1 Å². The van der Waals surface area contributed by atoms with E-state index < -0.39 is 46.4 Å². The normalized spacial score (nSPS) is 15.3. The van der Waals surface area contributed by atoms with Crippen LogP contribution < -0.4 is 10.6 Å². The van der Waals surface area contributed by atoms with Crippen LogP contribution in [0.15, 0.2) is 305 Å². The molecular weight excluding hydrogens is 1100 g/mol. The maximum atomic E-state index is 15.6. The lowest BCUT2D eigenvalue weighted by Gasteiger charge is -2.49. The second kappa shape index (κ2) is 25.3. The second-order valence-electron chi connectivity index (χ2n) is 19.8. The molecular formula is C70H54N6O5S3. The van der Waals surface area contributed by atoms with Crippen LogP contribution in [0.5, 0.6) is 0 Å². The summed E-state index contributed by atoms with van der Waals surface area (Å²) >= 11 is 4.12. The number of nitrogens with zero attached hydrogens (tertiary/aromatic N) is 4. The fourth-order valence-electron chi connectivity index (χ4n) is 10.7. The Kier molecular flexibility index (Phi) is 16.5. The number of amides is 2. The van der Waals surface area contributed by atoms with Crippen LogP contribution in [0.4, 0.5) is 5.13 Å². The largest absolute Gasteiger partial charge is 0.448 e. The molecule has 14 heteroatoms. The molecule has 10 aromatic rings. The predicted octanol–water partition coefficient (Wildman–Crippen LogP) is 13.9. The number of ether oxygens (including phenoxy) is 1. The molecule has 0 radical (unpaired) electrons. The molecule has 1 unspecified atom stereocenters. The Hall–Kier alpha value is -9.60. The minimum Gasteiger partial charge on any atom is -0.448 e. The number of allylic oxidation sites excluding steroid dienone is 1. The van der Waals surface area contributed by atoms with Gasteiger partial charge in [-0.3, -0.25) is 14.5 Å². The van der Waals surface area contributed by atoms with E-state index in [0.717, 1.165) is 49.5 Å². The highest BCUT2D eigenvalue weighted by atomic mass is 32.2. The van der Waals surface area contributed by atoms with E-state index in [2.05, 4.69) is 52.0 Å². The maximum absolute atomic E-state index is 15.6. The van der Waals surface area contributed by atoms with Gasteiger partial charge in [0.05, 0.1) is 0 Å². The number of rotatable bonds is 20. The van der Waals surface area contributed by atoms with E-state index in [9.17, 15) is 4.79 Å². The SMILES string of the molecule is O=C(OC(c1ccccc1)c1ccccc1)C1=C(/C=C/Sc2ccccn2)CS[C@@H]2C(NC(=O)/C(=N\OC(c3ccccc3)(c3ccccc3)c3ccccc3)c3csc(NC(c4ccccc4)(c4ccccc4)c4ccccc4)n3)C(=O)N12. The molecule has 412 valence electrons. The van der Waals surface area contributed by atoms with Gasteiger partial charge < -0.3 is 20.2 Å². The number of carbonyl (C=O) groups is 3. The van der Waals surface area contributed by atoms with E-state index in [0.29, 0.717) is 16.5 Å². The highest BCUT2D eigenvalue weighted by Crippen LogP contribution is 2.45. The molecule has 2 aromatic heterocycles. The molecule has 0 spiro atoms. The van der Waals surface area contributed by atoms with Crippen molar-refractivity contribution < 1.29 is 24.0 Å². The molecule has 4 heterocycles. The zero-order chi connectivity index (χ0) is 57.1. The van der Waals surface area contributed by atoms with Crippen LogP contribution in [0.3, 0.4) is 0 Å². The van der Waals surface area contributed by atoms with Gasteiger partial charge in [0.2, 0.25) is 5.60 Å². The Bertz CT molecular complexity index is 3730. The summed E-state index contributed by atoms with van der Waals surface area (Å²) in [5.74, 6) is -1.59. The van der Waals surface area contributed by atoms with E-state index in [1.54, 1.807) is 11.6 Å². The molecule has 8 aromatic carbocycles. The van der Waals surface area contributed by atoms with Crippen LogP contribution in [0, 0.1) is 0 Å². The van der Waals surface area contributed by atoms with Crippen LogP contribution in [0.2, 0.25) is 0 Å². The monoisotopic (exact) mass is 1150 g/mol. The molecule has 0 aliphatic carbocycles. The van der Waals surface area contributed by atoms with Crippen molar-refractivity contribution in [3.63, 3.8) is 0 Å². The number of nitrogens with one attached hydrogen (secondary N) is 2. The third-order valence-corrected chi connectivity index (χ3v) is 17.5. The summed E-state index contributed by atoms with van der Waals surface area (Å²) in [6, 6.07) is 83.3. The van der Waals surface area contributed by atoms with Crippen LogP contribution in [-0.4, -0.2) is 55.5 Å². The Morgan fingerprint density at radius 3 is 1.56 bits per heavy atom. The number of pyridine rings is 1. The van der Waals surface area contributed by atoms with Crippen molar-refractivity contribution in [2.75, 3.05) is 11.1 Å². The molecule has 2 aliphatic rings. The van der Waals surface area contributed by atoms with Gasteiger partial charge in [0.15, 0.2) is 16.9 Å². The molecule has 2 amide bonds. The van der Waals surface area contributed by atoms with Crippen LogP contribution >= 0.6 is 34.9 Å². The highest BCUT2D eigenvalue weighted by Gasteiger charge is 2.55. The number of hydrogen-bond donors (Lipinski definition) is 2. The third-order valence-electron chi connectivity index (χ3n) is 14.7. The van der Waals surface area contributed by atoms with Crippen LogP contribution in [0.25, 0.3) is 0 Å². The first-order chi connectivity index (χ1) is 41.4. The van der Waals surface area contributed by atoms with E-state index in [1.807, 2.05) is 236 Å². The number of thiazole rings is 1. The lowest BCUT2D eigenvalue weighted by molar-refractivity contribution is -0.154. The van der Waals surface area contributed by atoms with E-state index in [-0.39, 0.29) is 17.1 Å². The number of thioether (sulfide) groups is 2. The van der Waals surface area contributed by atoms with Crippen molar-refractivity contribution in [2.45, 2.75) is 33.7 Å². The van der Waals surface area contributed by atoms with E-state index in [4.69, 9.17) is 19.7 Å². The minimum absolute atomic E-state index is 0.0912. The van der Waals surface area contributed by atoms with Gasteiger partial charge in [0.1, 0.15) is 33.4 Å². The van der Waals surface area contributed by atoms with Crippen molar-refractivity contribution in [1.82, 2.24) is 20.2 Å². The van der Waals surface area contributed by atoms with Crippen LogP contribution in [0.1, 0.15) is 56.3 Å². The second-order valence-corrected chi connectivity index (χ2v) is 22.6. The van der Waals surface area contributed by atoms with E-state index in [1.165, 1.54) is 39.8 Å². The molecule has 1 fully saturated rings. The number of anilines is 1. The Morgan fingerprint density at radius 2 is 1.08 bits per heavy atom. The number of carbonyl (C=O) groups excluding carboxylic acids is 3. The standard InChI is InChI=1S/C70H54N6O5S3/c77-64(73-61-65(78)76-62(51(47-83-66(61)76)44-46-82-59-43-25-26-45-71-59)67(79)80-63(49-27-9-1-10-28-49)50-29-11-2-12-30-50)60(75-81-70(55-37-19-6-20-38-55,56-39-21-7-22-40-56)57-41-23-8-24-42-57)58-48-84-68(72-58)74-69(52-31-13-3-14-32-52,53-33-15-4-16-34-53)54-35-17-5-18-36-54/h1-46,48,61,63,66H,47H2,(H,72,74)(H,73,77)/b46-44+,75-60-/t61?,66-/m1/s1. The summed E-state index contributed by atoms with van der Waals surface area (Å²) in [6.45, 7) is 0. The zero-order valence-electron chi connectivity index (χ0n) is 45.1. The number of esters is 1. The van der Waals surface area contributed by atoms with Gasteiger partial charge >= 0.3 is 5.97 Å². The number of oxime groups is 1. The first-order valence-corrected chi connectivity index (χ1v) is 30.1. The quantitative estimate of drug-likeness (QED) is 0.0190. The molecule has 1 saturated heterocycles. The molecule has 11 nitrogen and oxygen atoms in total. The first kappa shape index (κ1) is 55.0. The van der Waals surface area contributed by atoms with Crippen molar-refractivity contribution in [3.05, 3.63) is 345 Å². The summed E-state index contributed by atoms with van der Waals surface area (Å²) in [7, 11) is 0. The topological polar surface area (TPSA) is 135 Å². The Labute approximate surface area is 499 Å². The summed E-state index contributed by atoms with van der Waals surface area (Å²) in [5, 5.41) is 16.0. The van der Waals surface area contributed by atoms with Crippen molar-refractivity contribution in [2.24, 2.45) is 5.16 Å². The number of β-lactam (4-membered cyclic amide) rings is 1. The van der Waals surface area contributed by atoms with Gasteiger partial charge in [-0.15, -0.1) is 23.1 Å². The predicted molar refractivity (Wildman–Crippen MR) is 334 cm³/mol. The average Bonchev–Trinajstić information content (AvgIpc) is 3.70. The molecule has 2 aliphatic heterocycles. The van der Waals surface area contributed by atoms with Gasteiger partial charge in [-0.2, -0.15) is 0 Å². The summed E-state index contributed by atoms with van der Waals surface area (Å²) in [4.78, 5) is 63.7. The molecule has 2 N–H and O–H groups in total.